The summed E-state index contributed by atoms with van der Waals surface area (Å²) in [6, 6.07) is 13.0. The fourth-order valence-electron chi connectivity index (χ4n) is 4.10. The van der Waals surface area contributed by atoms with Crippen molar-refractivity contribution >= 4 is 16.7 Å². The van der Waals surface area contributed by atoms with Gasteiger partial charge < -0.3 is 19.8 Å². The number of aromatic nitrogens is 3. The third kappa shape index (κ3) is 3.07. The molecule has 1 saturated heterocycles. The molecule has 0 bridgehead atoms. The number of imidazole rings is 1. The second-order valence-electron chi connectivity index (χ2n) is 7.59. The van der Waals surface area contributed by atoms with Crippen LogP contribution in [0.3, 0.4) is 0 Å². The average molecular weight is 391 g/mol. The predicted molar refractivity (Wildman–Crippen MR) is 113 cm³/mol. The second kappa shape index (κ2) is 7.00. The minimum atomic E-state index is -0.340. The Labute approximate surface area is 167 Å². The Hall–Kier alpha value is -3.19. The lowest BCUT2D eigenvalue weighted by Gasteiger charge is -2.23. The Morgan fingerprint density at radius 2 is 1.86 bits per heavy atom. The van der Waals surface area contributed by atoms with E-state index in [0.29, 0.717) is 22.6 Å². The molecule has 3 aliphatic rings. The Morgan fingerprint density at radius 1 is 1.00 bits per heavy atom. The van der Waals surface area contributed by atoms with E-state index in [2.05, 4.69) is 31.8 Å². The van der Waals surface area contributed by atoms with E-state index in [1.807, 2.05) is 36.4 Å². The molecule has 0 radical (unpaired) electrons. The monoisotopic (exact) mass is 391 g/mol. The molecule has 1 aliphatic carbocycles. The van der Waals surface area contributed by atoms with Crippen LogP contribution < -0.4 is 10.5 Å². The number of hydrogen-bond acceptors (Lipinski definition) is 4. The molecular formula is C22H22FN5O. The van der Waals surface area contributed by atoms with Crippen molar-refractivity contribution in [2.45, 2.75) is 6.42 Å². The molecule has 2 aromatic rings. The SMILES string of the molecule is CN1CCCN(c2ccc3[nH]c(-c4c5cccccc-5[nH]c4=O)nc3c2F)CC1. The molecule has 3 heterocycles. The molecule has 6 nitrogen and oxygen atoms in total. The van der Waals surface area contributed by atoms with Gasteiger partial charge in [0.1, 0.15) is 11.3 Å². The van der Waals surface area contributed by atoms with Crippen molar-refractivity contribution in [1.29, 1.82) is 0 Å². The highest BCUT2D eigenvalue weighted by Gasteiger charge is 2.22. The van der Waals surface area contributed by atoms with Crippen LogP contribution in [0.15, 0.2) is 47.3 Å². The number of nitrogens with one attached hydrogen (secondary N) is 2. The van der Waals surface area contributed by atoms with Crippen LogP contribution in [-0.4, -0.2) is 53.1 Å². The summed E-state index contributed by atoms with van der Waals surface area (Å²) in [6.07, 6.45) is 0.992. The Bertz CT molecular complexity index is 1210. The van der Waals surface area contributed by atoms with E-state index in [9.17, 15) is 4.79 Å². The van der Waals surface area contributed by atoms with Crippen LogP contribution in [0.25, 0.3) is 33.7 Å². The van der Waals surface area contributed by atoms with Crippen LogP contribution in [-0.2, 0) is 0 Å². The lowest BCUT2D eigenvalue weighted by molar-refractivity contribution is 0.360. The maximum Gasteiger partial charge on any atom is 0.260 e. The summed E-state index contributed by atoms with van der Waals surface area (Å²) in [5.41, 5.74) is 3.11. The highest BCUT2D eigenvalue weighted by Crippen LogP contribution is 2.32. The molecule has 0 atom stereocenters. The Kier molecular flexibility index (Phi) is 4.32. The van der Waals surface area contributed by atoms with Gasteiger partial charge in [-0.05, 0) is 38.2 Å². The van der Waals surface area contributed by atoms with Crippen molar-refractivity contribution < 1.29 is 4.39 Å². The van der Waals surface area contributed by atoms with Crippen LogP contribution >= 0.6 is 0 Å². The number of anilines is 1. The third-order valence-electron chi connectivity index (χ3n) is 5.65. The third-order valence-corrected chi connectivity index (χ3v) is 5.65. The molecule has 1 aromatic heterocycles. The second-order valence-corrected chi connectivity index (χ2v) is 7.59. The molecule has 148 valence electrons. The zero-order valence-corrected chi connectivity index (χ0v) is 16.2. The van der Waals surface area contributed by atoms with Gasteiger partial charge in [0.2, 0.25) is 0 Å². The quantitative estimate of drug-likeness (QED) is 0.550. The number of benzene rings is 1. The Morgan fingerprint density at radius 3 is 2.76 bits per heavy atom. The van der Waals surface area contributed by atoms with E-state index >= 15 is 4.39 Å². The lowest BCUT2D eigenvalue weighted by atomic mass is 10.1. The molecule has 0 spiro atoms. The summed E-state index contributed by atoms with van der Waals surface area (Å²) in [4.78, 5) is 27.4. The van der Waals surface area contributed by atoms with Crippen molar-refractivity contribution in [1.82, 2.24) is 19.9 Å². The van der Waals surface area contributed by atoms with E-state index < -0.39 is 0 Å². The molecule has 2 N–H and O–H groups in total. The van der Waals surface area contributed by atoms with Crippen molar-refractivity contribution in [3.8, 4) is 22.6 Å². The topological polar surface area (TPSA) is 68.0 Å². The zero-order valence-electron chi connectivity index (χ0n) is 16.2. The maximum absolute atomic E-state index is 15.4. The first kappa shape index (κ1) is 17.9. The lowest BCUT2D eigenvalue weighted by Crippen LogP contribution is -2.29. The molecule has 1 aromatic carbocycles. The van der Waals surface area contributed by atoms with Crippen LogP contribution in [0.1, 0.15) is 6.42 Å². The smallest absolute Gasteiger partial charge is 0.260 e. The number of fused-ring (bicyclic) bond motifs is 2. The summed E-state index contributed by atoms with van der Waals surface area (Å²) in [5.74, 6) is 0.0431. The van der Waals surface area contributed by atoms with E-state index in [0.717, 1.165) is 43.9 Å². The van der Waals surface area contributed by atoms with Gasteiger partial charge in [-0.15, -0.1) is 0 Å². The number of nitrogens with zero attached hydrogens (tertiary/aromatic N) is 3. The number of H-pyrrole nitrogens is 2. The fourth-order valence-corrected chi connectivity index (χ4v) is 4.10. The molecule has 0 amide bonds. The molecule has 29 heavy (non-hydrogen) atoms. The van der Waals surface area contributed by atoms with Gasteiger partial charge >= 0.3 is 0 Å². The van der Waals surface area contributed by atoms with Gasteiger partial charge in [0.15, 0.2) is 5.82 Å². The summed E-state index contributed by atoms with van der Waals surface area (Å²) >= 11 is 0. The number of aromatic amines is 2. The molecule has 2 aliphatic heterocycles. The van der Waals surface area contributed by atoms with Gasteiger partial charge in [0, 0.05) is 30.9 Å². The van der Waals surface area contributed by atoms with Crippen molar-refractivity contribution in [3.63, 3.8) is 0 Å². The minimum Gasteiger partial charge on any atom is -0.368 e. The number of halogens is 1. The van der Waals surface area contributed by atoms with Gasteiger partial charge in [-0.2, -0.15) is 0 Å². The average Bonchev–Trinajstić information content (AvgIpc) is 3.07. The molecule has 0 unspecified atom stereocenters. The van der Waals surface area contributed by atoms with Crippen molar-refractivity contribution in [2.75, 3.05) is 38.1 Å². The van der Waals surface area contributed by atoms with E-state index in [1.54, 1.807) is 6.07 Å². The molecule has 0 saturated carbocycles. The summed E-state index contributed by atoms with van der Waals surface area (Å²) in [6.45, 7) is 3.50. The van der Waals surface area contributed by atoms with Crippen LogP contribution in [0.2, 0.25) is 0 Å². The highest BCUT2D eigenvalue weighted by molar-refractivity contribution is 5.87. The largest absolute Gasteiger partial charge is 0.368 e. The van der Waals surface area contributed by atoms with Crippen LogP contribution in [0, 0.1) is 5.82 Å². The first-order valence-electron chi connectivity index (χ1n) is 9.85. The molecular weight excluding hydrogens is 369 g/mol. The van der Waals surface area contributed by atoms with Gasteiger partial charge in [-0.25, -0.2) is 9.37 Å². The number of likely N-dealkylation sites (N-methyl/N-ethyl adjacent to an activating group) is 1. The van der Waals surface area contributed by atoms with Crippen LogP contribution in [0.5, 0.6) is 0 Å². The van der Waals surface area contributed by atoms with Crippen molar-refractivity contribution in [2.24, 2.45) is 0 Å². The summed E-state index contributed by atoms with van der Waals surface area (Å²) < 4.78 is 15.4. The van der Waals surface area contributed by atoms with Gasteiger partial charge in [-0.1, -0.05) is 24.3 Å². The molecule has 7 heteroatoms. The summed E-state index contributed by atoms with van der Waals surface area (Å²) in [5, 5.41) is 0. The minimum absolute atomic E-state index is 0.235. The van der Waals surface area contributed by atoms with Crippen LogP contribution in [0.4, 0.5) is 10.1 Å². The first-order chi connectivity index (χ1) is 14.1. The first-order valence-corrected chi connectivity index (χ1v) is 9.85. The zero-order chi connectivity index (χ0) is 20.0. The van der Waals surface area contributed by atoms with E-state index in [-0.39, 0.29) is 16.9 Å². The standard InChI is InChI=1S/C22H22FN5O/c1-27-10-5-11-28(13-12-27)17-9-8-16-20(19(17)23)26-21(24-16)18-14-6-3-2-4-7-15(14)25-22(18)29/h2-4,6-9H,5,10-13H2,1H3,(H,24,26)(H,25,29). The molecule has 1 fully saturated rings. The van der Waals surface area contributed by atoms with Crippen molar-refractivity contribution in [3.05, 3.63) is 58.6 Å². The normalized spacial score (nSPS) is 15.9. The summed E-state index contributed by atoms with van der Waals surface area (Å²) in [7, 11) is 2.09. The highest BCUT2D eigenvalue weighted by atomic mass is 19.1. The fraction of sp³-hybridized carbons (Fsp3) is 0.273. The number of hydrogen-bond donors (Lipinski definition) is 2. The number of rotatable bonds is 2. The Balaban J connectivity index is 1.60. The van der Waals surface area contributed by atoms with Gasteiger partial charge in [0.25, 0.3) is 5.56 Å². The van der Waals surface area contributed by atoms with E-state index in [4.69, 9.17) is 0 Å². The van der Waals surface area contributed by atoms with Gasteiger partial charge in [0.05, 0.1) is 16.8 Å². The maximum atomic E-state index is 15.4. The predicted octanol–water partition coefficient (Wildman–Crippen LogP) is 3.30. The molecule has 5 rings (SSSR count). The van der Waals surface area contributed by atoms with Gasteiger partial charge in [-0.3, -0.25) is 4.79 Å². The van der Waals surface area contributed by atoms with E-state index in [1.165, 1.54) is 0 Å².